The number of carbonyl (C=O) groups is 3. The van der Waals surface area contributed by atoms with E-state index >= 15 is 0 Å². The van der Waals surface area contributed by atoms with E-state index in [1.165, 1.54) is 6.92 Å². The van der Waals surface area contributed by atoms with Crippen LogP contribution >= 0.6 is 0 Å². The minimum Gasteiger partial charge on any atom is -0.462 e. The monoisotopic (exact) mass is 310 g/mol. The van der Waals surface area contributed by atoms with Gasteiger partial charge in [0.1, 0.15) is 17.8 Å². The molecule has 1 saturated heterocycles. The first-order chi connectivity index (χ1) is 10.2. The fourth-order valence-corrected chi connectivity index (χ4v) is 2.97. The average Bonchev–Trinajstić information content (AvgIpc) is 2.68. The van der Waals surface area contributed by atoms with Crippen LogP contribution in [-0.4, -0.2) is 35.7 Å². The third kappa shape index (κ3) is 3.00. The summed E-state index contributed by atoms with van der Waals surface area (Å²) in [4.78, 5) is 34.9. The van der Waals surface area contributed by atoms with Crippen LogP contribution in [0.3, 0.4) is 0 Å². The largest absolute Gasteiger partial charge is 0.462 e. The number of rotatable bonds is 5. The molecular weight excluding hydrogens is 288 g/mol. The van der Waals surface area contributed by atoms with Gasteiger partial charge < -0.3 is 14.2 Å². The van der Waals surface area contributed by atoms with Crippen LogP contribution in [0.4, 0.5) is 0 Å². The maximum Gasteiger partial charge on any atom is 0.333 e. The fraction of sp³-hybridized carbons (Fsp3) is 0.688. The van der Waals surface area contributed by atoms with Crippen molar-refractivity contribution in [2.75, 3.05) is 6.61 Å². The molecule has 0 N–H and O–H groups in total. The smallest absolute Gasteiger partial charge is 0.333 e. The predicted octanol–water partition coefficient (Wildman–Crippen LogP) is 1.91. The summed E-state index contributed by atoms with van der Waals surface area (Å²) in [6.45, 7) is 8.54. The van der Waals surface area contributed by atoms with Gasteiger partial charge in [-0.3, -0.25) is 9.59 Å². The van der Waals surface area contributed by atoms with Gasteiger partial charge in [0.05, 0.1) is 12.3 Å². The molecule has 22 heavy (non-hydrogen) atoms. The number of ether oxygens (including phenoxy) is 3. The van der Waals surface area contributed by atoms with Crippen molar-refractivity contribution in [1.29, 1.82) is 0 Å². The van der Waals surface area contributed by atoms with Crippen molar-refractivity contribution in [3.8, 4) is 0 Å². The van der Waals surface area contributed by atoms with E-state index in [9.17, 15) is 14.4 Å². The summed E-state index contributed by atoms with van der Waals surface area (Å²) >= 11 is 0. The molecule has 0 radical (unpaired) electrons. The molecule has 3 unspecified atom stereocenters. The highest BCUT2D eigenvalue weighted by atomic mass is 16.6. The van der Waals surface area contributed by atoms with Crippen LogP contribution < -0.4 is 0 Å². The summed E-state index contributed by atoms with van der Waals surface area (Å²) in [5.74, 6) is -1.30. The van der Waals surface area contributed by atoms with Crippen molar-refractivity contribution in [1.82, 2.24) is 0 Å². The first kappa shape index (κ1) is 16.5. The Bertz CT molecular complexity index is 525. The third-order valence-corrected chi connectivity index (χ3v) is 4.61. The summed E-state index contributed by atoms with van der Waals surface area (Å²) in [7, 11) is 0. The van der Waals surface area contributed by atoms with Gasteiger partial charge in [0, 0.05) is 12.0 Å². The van der Waals surface area contributed by atoms with Gasteiger partial charge in [0.25, 0.3) is 0 Å². The highest BCUT2D eigenvalue weighted by Crippen LogP contribution is 2.50. The van der Waals surface area contributed by atoms with Crippen LogP contribution in [0.15, 0.2) is 12.2 Å². The predicted molar refractivity (Wildman–Crippen MR) is 76.7 cm³/mol. The second-order valence-corrected chi connectivity index (χ2v) is 6.46. The number of carbonyl (C=O) groups excluding carboxylic acids is 3. The molecule has 0 aromatic carbocycles. The molecule has 3 atom stereocenters. The van der Waals surface area contributed by atoms with Gasteiger partial charge in [0.2, 0.25) is 0 Å². The minimum atomic E-state index is -0.842. The fourth-order valence-electron chi connectivity index (χ4n) is 2.97. The zero-order chi connectivity index (χ0) is 16.5. The van der Waals surface area contributed by atoms with Gasteiger partial charge in [0.15, 0.2) is 0 Å². The highest BCUT2D eigenvalue weighted by molar-refractivity contribution is 5.87. The quantitative estimate of drug-likeness (QED) is 0.438. The molecule has 6 nitrogen and oxygen atoms in total. The van der Waals surface area contributed by atoms with Gasteiger partial charge in [-0.25, -0.2) is 4.79 Å². The maximum atomic E-state index is 12.0. The van der Waals surface area contributed by atoms with E-state index in [1.807, 2.05) is 0 Å². The van der Waals surface area contributed by atoms with E-state index in [-0.39, 0.29) is 30.5 Å². The van der Waals surface area contributed by atoms with Crippen LogP contribution in [0.1, 0.15) is 46.5 Å². The lowest BCUT2D eigenvalue weighted by atomic mass is 9.71. The Balaban J connectivity index is 1.89. The summed E-state index contributed by atoms with van der Waals surface area (Å²) in [5, 5.41) is 0. The molecule has 0 amide bonds. The van der Waals surface area contributed by atoms with Crippen LogP contribution in [0.2, 0.25) is 0 Å². The molecule has 0 aromatic rings. The zero-order valence-corrected chi connectivity index (χ0v) is 13.3. The summed E-state index contributed by atoms with van der Waals surface area (Å²) in [6.07, 6.45) is 1.77. The molecule has 2 aliphatic rings. The molecule has 1 heterocycles. The van der Waals surface area contributed by atoms with E-state index in [4.69, 9.17) is 14.2 Å². The molecule has 0 spiro atoms. The molecule has 1 saturated carbocycles. The number of hydrogen-bond acceptors (Lipinski definition) is 6. The zero-order valence-electron chi connectivity index (χ0n) is 13.3. The normalized spacial score (nSPS) is 33.0. The Kier molecular flexibility index (Phi) is 4.31. The van der Waals surface area contributed by atoms with Crippen LogP contribution in [0, 0.1) is 5.92 Å². The van der Waals surface area contributed by atoms with Crippen molar-refractivity contribution in [2.45, 2.75) is 57.7 Å². The SMILES string of the molecule is C=C(C)C(=O)OCCC(=O)OC1(C)CCC2CC1(C)OC2=O. The lowest BCUT2D eigenvalue weighted by Gasteiger charge is -2.43. The Morgan fingerprint density at radius 2 is 2.09 bits per heavy atom. The van der Waals surface area contributed by atoms with Gasteiger partial charge >= 0.3 is 17.9 Å². The van der Waals surface area contributed by atoms with E-state index < -0.39 is 23.1 Å². The van der Waals surface area contributed by atoms with Gasteiger partial charge in [-0.1, -0.05) is 6.58 Å². The molecular formula is C16H22O6. The van der Waals surface area contributed by atoms with Gasteiger partial charge in [-0.2, -0.15) is 0 Å². The maximum absolute atomic E-state index is 12.0. The number of hydrogen-bond donors (Lipinski definition) is 0. The molecule has 2 fully saturated rings. The standard InChI is InChI=1S/C16H22O6/c1-10(2)13(18)20-8-6-12(17)21-15(3)7-5-11-9-16(15,4)22-14(11)19/h11H,1,5-9H2,2-4H3. The van der Waals surface area contributed by atoms with E-state index in [2.05, 4.69) is 6.58 Å². The van der Waals surface area contributed by atoms with Crippen molar-refractivity contribution >= 4 is 17.9 Å². The number of esters is 3. The van der Waals surface area contributed by atoms with Gasteiger partial charge in [-0.05, 0) is 33.6 Å². The van der Waals surface area contributed by atoms with Crippen molar-refractivity contribution in [3.05, 3.63) is 12.2 Å². The second kappa shape index (κ2) is 5.74. The average molecular weight is 310 g/mol. The lowest BCUT2D eigenvalue weighted by molar-refractivity contribution is -0.198. The van der Waals surface area contributed by atoms with Crippen molar-refractivity contribution in [2.24, 2.45) is 5.92 Å². The Hall–Kier alpha value is -1.85. The van der Waals surface area contributed by atoms with E-state index in [0.29, 0.717) is 19.3 Å². The Morgan fingerprint density at radius 3 is 2.73 bits per heavy atom. The highest BCUT2D eigenvalue weighted by Gasteiger charge is 2.60. The molecule has 2 rings (SSSR count). The van der Waals surface area contributed by atoms with Crippen molar-refractivity contribution < 1.29 is 28.6 Å². The first-order valence-electron chi connectivity index (χ1n) is 7.44. The summed E-state index contributed by atoms with van der Waals surface area (Å²) in [6, 6.07) is 0. The molecule has 2 bridgehead atoms. The van der Waals surface area contributed by atoms with Gasteiger partial charge in [-0.15, -0.1) is 0 Å². The van der Waals surface area contributed by atoms with Crippen LogP contribution in [0.25, 0.3) is 0 Å². The molecule has 1 aliphatic carbocycles. The molecule has 6 heteroatoms. The van der Waals surface area contributed by atoms with E-state index in [0.717, 1.165) is 0 Å². The number of fused-ring (bicyclic) bond motifs is 2. The second-order valence-electron chi connectivity index (χ2n) is 6.46. The third-order valence-electron chi connectivity index (χ3n) is 4.61. The van der Waals surface area contributed by atoms with E-state index in [1.54, 1.807) is 13.8 Å². The van der Waals surface area contributed by atoms with Crippen LogP contribution in [-0.2, 0) is 28.6 Å². The van der Waals surface area contributed by atoms with Crippen molar-refractivity contribution in [3.63, 3.8) is 0 Å². The summed E-state index contributed by atoms with van der Waals surface area (Å²) in [5.41, 5.74) is -1.34. The topological polar surface area (TPSA) is 78.9 Å². The van der Waals surface area contributed by atoms with Crippen LogP contribution in [0.5, 0.6) is 0 Å². The Morgan fingerprint density at radius 1 is 1.41 bits per heavy atom. The first-order valence-corrected chi connectivity index (χ1v) is 7.44. The minimum absolute atomic E-state index is 0.0396. The lowest BCUT2D eigenvalue weighted by Crippen LogP contribution is -2.54. The Labute approximate surface area is 129 Å². The molecule has 1 aliphatic heterocycles. The molecule has 122 valence electrons. The summed E-state index contributed by atoms with van der Waals surface area (Å²) < 4.78 is 15.9. The molecule has 0 aromatic heterocycles.